The van der Waals surface area contributed by atoms with Crippen LogP contribution in [-0.4, -0.2) is 16.1 Å². The third-order valence-electron chi connectivity index (χ3n) is 3.07. The number of halogens is 2. The van der Waals surface area contributed by atoms with Crippen molar-refractivity contribution in [3.05, 3.63) is 71.9 Å². The molecule has 0 spiro atoms. The summed E-state index contributed by atoms with van der Waals surface area (Å²) in [5, 5.41) is 4.20. The summed E-state index contributed by atoms with van der Waals surface area (Å²) in [5.41, 5.74) is 1.16. The molecular weight excluding hydrogens is 274 g/mol. The zero-order valence-corrected chi connectivity index (χ0v) is 10.8. The predicted molar refractivity (Wildman–Crippen MR) is 74.3 cm³/mol. The second kappa shape index (κ2) is 5.28. The topological polar surface area (TPSA) is 34.9 Å². The van der Waals surface area contributed by atoms with Crippen LogP contribution in [0.2, 0.25) is 0 Å². The fraction of sp³-hybridized carbons (Fsp3) is 0. The zero-order chi connectivity index (χ0) is 14.8. The van der Waals surface area contributed by atoms with Crippen molar-refractivity contribution in [2.24, 2.45) is 0 Å². The summed E-state index contributed by atoms with van der Waals surface area (Å²) in [4.78, 5) is 11.2. The van der Waals surface area contributed by atoms with Crippen LogP contribution in [0, 0.1) is 11.6 Å². The summed E-state index contributed by atoms with van der Waals surface area (Å²) < 4.78 is 28.5. The number of aromatic nitrogens is 2. The van der Waals surface area contributed by atoms with Crippen molar-refractivity contribution in [1.29, 1.82) is 0 Å². The molecule has 5 heteroatoms. The molecule has 3 rings (SSSR count). The van der Waals surface area contributed by atoms with Crippen molar-refractivity contribution in [3.8, 4) is 16.9 Å². The Balaban J connectivity index is 2.15. The zero-order valence-electron chi connectivity index (χ0n) is 10.8. The molecule has 0 aliphatic heterocycles. The van der Waals surface area contributed by atoms with Gasteiger partial charge in [0, 0.05) is 11.8 Å². The molecule has 1 aromatic heterocycles. The third-order valence-corrected chi connectivity index (χ3v) is 3.07. The summed E-state index contributed by atoms with van der Waals surface area (Å²) >= 11 is 0. The van der Waals surface area contributed by atoms with Crippen LogP contribution in [0.5, 0.6) is 0 Å². The van der Waals surface area contributed by atoms with Gasteiger partial charge in [-0.1, -0.05) is 18.2 Å². The SMILES string of the molecule is O=Cc1cn(-c2cccc(F)c2)nc1-c1ccccc1F. The van der Waals surface area contributed by atoms with E-state index in [-0.39, 0.29) is 16.8 Å². The van der Waals surface area contributed by atoms with Gasteiger partial charge in [-0.05, 0) is 30.3 Å². The number of carbonyl (C=O) groups is 1. The number of hydrogen-bond acceptors (Lipinski definition) is 2. The minimum Gasteiger partial charge on any atom is -0.298 e. The molecule has 0 saturated heterocycles. The van der Waals surface area contributed by atoms with Gasteiger partial charge in [-0.25, -0.2) is 13.5 Å². The summed E-state index contributed by atoms with van der Waals surface area (Å²) in [5.74, 6) is -0.881. The molecule has 0 unspecified atom stereocenters. The molecule has 0 fully saturated rings. The van der Waals surface area contributed by atoms with E-state index in [1.807, 2.05) is 0 Å². The second-order valence-corrected chi connectivity index (χ2v) is 4.46. The molecule has 0 amide bonds. The number of aldehydes is 1. The van der Waals surface area contributed by atoms with E-state index >= 15 is 0 Å². The van der Waals surface area contributed by atoms with E-state index in [9.17, 15) is 13.6 Å². The maximum Gasteiger partial charge on any atom is 0.153 e. The van der Waals surface area contributed by atoms with Crippen LogP contribution in [0.4, 0.5) is 8.78 Å². The fourth-order valence-corrected chi connectivity index (χ4v) is 2.09. The molecule has 0 bridgehead atoms. The molecule has 1 heterocycles. The molecule has 0 aliphatic carbocycles. The predicted octanol–water partition coefficient (Wildman–Crippen LogP) is 3.63. The van der Waals surface area contributed by atoms with E-state index in [0.29, 0.717) is 12.0 Å². The van der Waals surface area contributed by atoms with Crippen molar-refractivity contribution < 1.29 is 13.6 Å². The van der Waals surface area contributed by atoms with E-state index in [0.717, 1.165) is 0 Å². The molecule has 0 aliphatic rings. The van der Waals surface area contributed by atoms with E-state index in [1.54, 1.807) is 24.3 Å². The Kier molecular flexibility index (Phi) is 3.31. The standard InChI is InChI=1S/C16H10F2N2O/c17-12-4-3-5-13(8-12)20-9-11(10-21)16(19-20)14-6-1-2-7-15(14)18/h1-10H. The quantitative estimate of drug-likeness (QED) is 0.688. The molecule has 3 nitrogen and oxygen atoms in total. The van der Waals surface area contributed by atoms with Crippen LogP contribution >= 0.6 is 0 Å². The highest BCUT2D eigenvalue weighted by molar-refractivity contribution is 5.85. The molecule has 21 heavy (non-hydrogen) atoms. The van der Waals surface area contributed by atoms with E-state index in [4.69, 9.17) is 0 Å². The molecule has 0 N–H and O–H groups in total. The van der Waals surface area contributed by atoms with Crippen molar-refractivity contribution in [3.63, 3.8) is 0 Å². The van der Waals surface area contributed by atoms with E-state index in [1.165, 1.54) is 35.1 Å². The van der Waals surface area contributed by atoms with Gasteiger partial charge in [0.05, 0.1) is 11.3 Å². The van der Waals surface area contributed by atoms with Crippen molar-refractivity contribution in [2.45, 2.75) is 0 Å². The van der Waals surface area contributed by atoms with Gasteiger partial charge in [-0.2, -0.15) is 5.10 Å². The van der Waals surface area contributed by atoms with Crippen molar-refractivity contribution in [2.75, 3.05) is 0 Å². The van der Waals surface area contributed by atoms with Gasteiger partial charge >= 0.3 is 0 Å². The summed E-state index contributed by atoms with van der Waals surface area (Å²) in [6.45, 7) is 0. The molecule has 104 valence electrons. The van der Waals surface area contributed by atoms with Crippen molar-refractivity contribution >= 4 is 6.29 Å². The number of nitrogens with zero attached hydrogens (tertiary/aromatic N) is 2. The lowest BCUT2D eigenvalue weighted by Gasteiger charge is -2.01. The molecule has 3 aromatic rings. The van der Waals surface area contributed by atoms with Gasteiger partial charge in [0.15, 0.2) is 6.29 Å². The molecular formula is C16H10F2N2O. The fourth-order valence-electron chi connectivity index (χ4n) is 2.09. The van der Waals surface area contributed by atoms with Crippen LogP contribution in [-0.2, 0) is 0 Å². The summed E-state index contributed by atoms with van der Waals surface area (Å²) in [6.07, 6.45) is 2.05. The van der Waals surface area contributed by atoms with Crippen LogP contribution < -0.4 is 0 Å². The first-order valence-corrected chi connectivity index (χ1v) is 6.25. The lowest BCUT2D eigenvalue weighted by Crippen LogP contribution is -1.95. The number of rotatable bonds is 3. The highest BCUT2D eigenvalue weighted by Crippen LogP contribution is 2.25. The Morgan fingerprint density at radius 3 is 2.57 bits per heavy atom. The first kappa shape index (κ1) is 13.2. The molecule has 0 atom stereocenters. The average Bonchev–Trinajstić information content (AvgIpc) is 2.92. The van der Waals surface area contributed by atoms with Crippen molar-refractivity contribution in [1.82, 2.24) is 9.78 Å². The minimum atomic E-state index is -0.468. The van der Waals surface area contributed by atoms with E-state index < -0.39 is 11.6 Å². The van der Waals surface area contributed by atoms with Gasteiger partial charge in [0.1, 0.15) is 17.3 Å². The van der Waals surface area contributed by atoms with Gasteiger partial charge < -0.3 is 0 Å². The average molecular weight is 284 g/mol. The monoisotopic (exact) mass is 284 g/mol. The second-order valence-electron chi connectivity index (χ2n) is 4.46. The van der Waals surface area contributed by atoms with Crippen LogP contribution in [0.25, 0.3) is 16.9 Å². The van der Waals surface area contributed by atoms with Crippen LogP contribution in [0.3, 0.4) is 0 Å². The van der Waals surface area contributed by atoms with Gasteiger partial charge in [0.2, 0.25) is 0 Å². The normalized spacial score (nSPS) is 10.6. The van der Waals surface area contributed by atoms with Gasteiger partial charge in [-0.3, -0.25) is 4.79 Å². The maximum absolute atomic E-state index is 13.8. The van der Waals surface area contributed by atoms with Crippen LogP contribution in [0.1, 0.15) is 10.4 Å². The highest BCUT2D eigenvalue weighted by Gasteiger charge is 2.14. The largest absolute Gasteiger partial charge is 0.298 e. The number of benzene rings is 2. The molecule has 0 radical (unpaired) electrons. The third kappa shape index (κ3) is 2.45. The molecule has 2 aromatic carbocycles. The Hall–Kier alpha value is -2.82. The lowest BCUT2D eigenvalue weighted by atomic mass is 10.1. The number of carbonyl (C=O) groups excluding carboxylic acids is 1. The Labute approximate surface area is 119 Å². The minimum absolute atomic E-state index is 0.229. The Morgan fingerprint density at radius 1 is 1.05 bits per heavy atom. The Morgan fingerprint density at radius 2 is 1.86 bits per heavy atom. The highest BCUT2D eigenvalue weighted by atomic mass is 19.1. The molecule has 0 saturated carbocycles. The maximum atomic E-state index is 13.8. The summed E-state index contributed by atoms with van der Waals surface area (Å²) in [6, 6.07) is 11.8. The van der Waals surface area contributed by atoms with E-state index in [2.05, 4.69) is 5.10 Å². The smallest absolute Gasteiger partial charge is 0.153 e. The summed E-state index contributed by atoms with van der Waals surface area (Å²) in [7, 11) is 0. The first-order valence-electron chi connectivity index (χ1n) is 6.25. The van der Waals surface area contributed by atoms with Gasteiger partial charge in [-0.15, -0.1) is 0 Å². The lowest BCUT2D eigenvalue weighted by molar-refractivity contribution is 0.112. The Bertz CT molecular complexity index is 812. The number of hydrogen-bond donors (Lipinski definition) is 0. The van der Waals surface area contributed by atoms with Crippen LogP contribution in [0.15, 0.2) is 54.7 Å². The first-order chi connectivity index (χ1) is 10.2. The van der Waals surface area contributed by atoms with Gasteiger partial charge in [0.25, 0.3) is 0 Å².